The zero-order valence-electron chi connectivity index (χ0n) is 55.4. The van der Waals surface area contributed by atoms with E-state index in [4.69, 9.17) is 18.9 Å². The molecule has 0 saturated carbocycles. The second-order valence-corrected chi connectivity index (χ2v) is 25.0. The molecule has 0 aromatic heterocycles. The first-order valence-corrected chi connectivity index (χ1v) is 35.8. The van der Waals surface area contributed by atoms with E-state index >= 15 is 0 Å². The van der Waals surface area contributed by atoms with E-state index in [1.54, 1.807) is 0 Å². The van der Waals surface area contributed by atoms with Crippen LogP contribution in [0.25, 0.3) is 0 Å². The van der Waals surface area contributed by atoms with E-state index < -0.39 is 86.8 Å². The van der Waals surface area contributed by atoms with Gasteiger partial charge in [-0.15, -0.1) is 0 Å². The van der Waals surface area contributed by atoms with Crippen LogP contribution in [0.2, 0.25) is 0 Å². The molecule has 0 aliphatic carbocycles. The summed E-state index contributed by atoms with van der Waals surface area (Å²) >= 11 is 0. The maximum absolute atomic E-state index is 13.3. The molecule has 12 unspecified atom stereocenters. The van der Waals surface area contributed by atoms with Gasteiger partial charge in [-0.25, -0.2) is 0 Å². The standard InChI is InChI=1S/C74H131NO13/c1-3-5-7-9-11-13-15-17-19-20-21-22-23-24-25-26-27-28-29-30-31-32-33-34-35-36-37-38-39-40-41-42-44-46-48-50-52-54-56-58-66(79)75-62(63(78)57-55-53-51-49-47-45-43-18-16-14-12-10-8-6-4-2)61-85-73-71(84)69(82)72(65(60-77)87-73)88-74-70(83)68(81)67(80)64(59-76)86-74/h5,7,11,13,17,19,21-22,24-25,27-28,30-31,62-65,67-74,76-78,80-84H,3-4,6,8-10,12,14-16,18,20,23,26,29,32-61H2,1-2H3,(H,75,79)/b7-5-,13-11-,19-17-,22-21-,25-24-,28-27-,31-30-. The fourth-order valence-electron chi connectivity index (χ4n) is 11.5. The Balaban J connectivity index is 1.58. The minimum atomic E-state index is -1.78. The Labute approximate surface area is 535 Å². The Hall–Kier alpha value is -2.83. The van der Waals surface area contributed by atoms with E-state index in [9.17, 15) is 45.6 Å². The minimum Gasteiger partial charge on any atom is -0.394 e. The van der Waals surface area contributed by atoms with Gasteiger partial charge in [-0.2, -0.15) is 0 Å². The molecule has 0 bridgehead atoms. The zero-order valence-corrected chi connectivity index (χ0v) is 55.4. The monoisotopic (exact) mass is 1240 g/mol. The number of allylic oxidation sites excluding steroid dienone is 14. The van der Waals surface area contributed by atoms with Crippen molar-refractivity contribution in [3.63, 3.8) is 0 Å². The molecule has 0 radical (unpaired) electrons. The lowest BCUT2D eigenvalue weighted by molar-refractivity contribution is -0.359. The van der Waals surface area contributed by atoms with E-state index in [0.29, 0.717) is 12.8 Å². The van der Waals surface area contributed by atoms with Gasteiger partial charge in [0.25, 0.3) is 0 Å². The highest BCUT2D eigenvalue weighted by Gasteiger charge is 2.51. The van der Waals surface area contributed by atoms with E-state index in [-0.39, 0.29) is 12.5 Å². The average Bonchev–Trinajstić information content (AvgIpc) is 2.99. The van der Waals surface area contributed by atoms with E-state index in [0.717, 1.165) is 96.3 Å². The predicted octanol–water partition coefficient (Wildman–Crippen LogP) is 14.8. The lowest BCUT2D eigenvalue weighted by atomic mass is 9.97. The van der Waals surface area contributed by atoms with Crippen molar-refractivity contribution in [2.45, 2.75) is 357 Å². The molecule has 2 heterocycles. The van der Waals surface area contributed by atoms with Crippen molar-refractivity contribution in [1.29, 1.82) is 0 Å². The number of amides is 1. The van der Waals surface area contributed by atoms with Gasteiger partial charge in [-0.05, 0) is 70.6 Å². The molecule has 2 rings (SSSR count). The number of rotatable bonds is 58. The average molecular weight is 1240 g/mol. The third kappa shape index (κ3) is 41.6. The van der Waals surface area contributed by atoms with Crippen LogP contribution in [0.5, 0.6) is 0 Å². The number of aliphatic hydroxyl groups excluding tert-OH is 8. The van der Waals surface area contributed by atoms with Crippen LogP contribution in [0, 0.1) is 0 Å². The molecule has 2 aliphatic rings. The third-order valence-electron chi connectivity index (χ3n) is 17.1. The summed E-state index contributed by atoms with van der Waals surface area (Å²) in [6.07, 6.45) is 63.2. The number of carbonyl (C=O) groups is 1. The zero-order chi connectivity index (χ0) is 63.8. The predicted molar refractivity (Wildman–Crippen MR) is 360 cm³/mol. The Kier molecular flexibility index (Phi) is 53.6. The van der Waals surface area contributed by atoms with Gasteiger partial charge in [0.15, 0.2) is 12.6 Å². The van der Waals surface area contributed by atoms with Gasteiger partial charge in [0.1, 0.15) is 48.8 Å². The van der Waals surface area contributed by atoms with Crippen molar-refractivity contribution in [2.75, 3.05) is 19.8 Å². The van der Waals surface area contributed by atoms with Crippen molar-refractivity contribution in [3.05, 3.63) is 85.1 Å². The Morgan fingerprint density at radius 1 is 0.420 bits per heavy atom. The van der Waals surface area contributed by atoms with Gasteiger partial charge in [-0.1, -0.05) is 292 Å². The van der Waals surface area contributed by atoms with Gasteiger partial charge in [0, 0.05) is 6.42 Å². The molecule has 2 aliphatic heterocycles. The summed E-state index contributed by atoms with van der Waals surface area (Å²) in [6.45, 7) is 2.76. The topological polar surface area (TPSA) is 228 Å². The Morgan fingerprint density at radius 2 is 0.784 bits per heavy atom. The molecule has 0 aromatic rings. The summed E-state index contributed by atoms with van der Waals surface area (Å²) in [5.74, 6) is -0.206. The molecule has 12 atom stereocenters. The summed E-state index contributed by atoms with van der Waals surface area (Å²) in [5.41, 5.74) is 0. The summed E-state index contributed by atoms with van der Waals surface area (Å²) < 4.78 is 22.9. The quantitative estimate of drug-likeness (QED) is 0.0204. The van der Waals surface area contributed by atoms with Crippen LogP contribution in [0.4, 0.5) is 0 Å². The number of hydrogen-bond acceptors (Lipinski definition) is 13. The Morgan fingerprint density at radius 3 is 1.20 bits per heavy atom. The normalized spacial score (nSPS) is 23.7. The number of hydrogen-bond donors (Lipinski definition) is 9. The van der Waals surface area contributed by atoms with Crippen LogP contribution in [-0.4, -0.2) is 140 Å². The number of unbranched alkanes of at least 4 members (excludes halogenated alkanes) is 31. The van der Waals surface area contributed by atoms with Crippen LogP contribution in [0.1, 0.15) is 284 Å². The molecule has 510 valence electrons. The maximum atomic E-state index is 13.3. The lowest BCUT2D eigenvalue weighted by Gasteiger charge is -2.46. The lowest BCUT2D eigenvalue weighted by Crippen LogP contribution is -2.65. The van der Waals surface area contributed by atoms with Gasteiger partial charge in [0.2, 0.25) is 5.91 Å². The fourth-order valence-corrected chi connectivity index (χ4v) is 11.5. The van der Waals surface area contributed by atoms with Crippen LogP contribution in [-0.2, 0) is 23.7 Å². The van der Waals surface area contributed by atoms with Crippen molar-refractivity contribution >= 4 is 5.91 Å². The van der Waals surface area contributed by atoms with Crippen LogP contribution in [0.15, 0.2) is 85.1 Å². The van der Waals surface area contributed by atoms with Gasteiger partial charge < -0.3 is 65.1 Å². The smallest absolute Gasteiger partial charge is 0.220 e. The van der Waals surface area contributed by atoms with Crippen molar-refractivity contribution in [2.24, 2.45) is 0 Å². The van der Waals surface area contributed by atoms with Crippen molar-refractivity contribution < 1.29 is 64.6 Å². The van der Waals surface area contributed by atoms with Crippen LogP contribution in [0.3, 0.4) is 0 Å². The molecule has 14 heteroatoms. The summed E-state index contributed by atoms with van der Waals surface area (Å²) in [4.78, 5) is 13.3. The van der Waals surface area contributed by atoms with Gasteiger partial charge in [-0.3, -0.25) is 4.79 Å². The van der Waals surface area contributed by atoms with E-state index in [1.165, 1.54) is 161 Å². The van der Waals surface area contributed by atoms with E-state index in [1.807, 2.05) is 0 Å². The Bertz CT molecular complexity index is 1800. The highest BCUT2D eigenvalue weighted by molar-refractivity contribution is 5.76. The summed E-state index contributed by atoms with van der Waals surface area (Å²) in [7, 11) is 0. The van der Waals surface area contributed by atoms with Crippen LogP contribution < -0.4 is 5.32 Å². The first-order valence-electron chi connectivity index (χ1n) is 35.8. The highest BCUT2D eigenvalue weighted by Crippen LogP contribution is 2.30. The number of ether oxygens (including phenoxy) is 4. The SMILES string of the molecule is CC/C=C\C/C=C\C/C=C\C/C=C\C/C=C\C/C=C\C/C=C\CCCCCCCCCCCCCCCCCCCC(=O)NC(COC1OC(CO)C(OC2OC(CO)C(O)C(O)C2O)C(O)C1O)C(O)CCCCCCCCCCCCCCCCC. The van der Waals surface area contributed by atoms with E-state index in [2.05, 4.69) is 104 Å². The second-order valence-electron chi connectivity index (χ2n) is 25.0. The molecule has 1 amide bonds. The van der Waals surface area contributed by atoms with Crippen molar-refractivity contribution in [1.82, 2.24) is 5.32 Å². The molecular weight excluding hydrogens is 1110 g/mol. The first kappa shape index (κ1) is 81.3. The molecule has 2 saturated heterocycles. The summed E-state index contributed by atoms with van der Waals surface area (Å²) in [5, 5.41) is 87.5. The number of aliphatic hydroxyl groups is 8. The third-order valence-corrected chi connectivity index (χ3v) is 17.1. The number of nitrogens with one attached hydrogen (secondary N) is 1. The molecule has 9 N–H and O–H groups in total. The minimum absolute atomic E-state index is 0.206. The largest absolute Gasteiger partial charge is 0.394 e. The molecular formula is C74H131NO13. The first-order chi connectivity index (χ1) is 43.1. The number of carbonyl (C=O) groups excluding carboxylic acids is 1. The molecule has 2 fully saturated rings. The molecule has 14 nitrogen and oxygen atoms in total. The fraction of sp³-hybridized carbons (Fsp3) is 0.797. The second kappa shape index (κ2) is 58.0. The molecule has 0 spiro atoms. The molecule has 0 aromatic carbocycles. The molecule has 88 heavy (non-hydrogen) atoms. The van der Waals surface area contributed by atoms with Gasteiger partial charge >= 0.3 is 0 Å². The van der Waals surface area contributed by atoms with Gasteiger partial charge in [0.05, 0.1) is 32.0 Å². The maximum Gasteiger partial charge on any atom is 0.220 e. The highest BCUT2D eigenvalue weighted by atomic mass is 16.7. The summed E-state index contributed by atoms with van der Waals surface area (Å²) in [6, 6.07) is -0.831. The van der Waals surface area contributed by atoms with Crippen LogP contribution >= 0.6 is 0 Å². The van der Waals surface area contributed by atoms with Crippen molar-refractivity contribution in [3.8, 4) is 0 Å².